The molecule has 0 aromatic heterocycles. The van der Waals surface area contributed by atoms with Gasteiger partial charge in [-0.15, -0.1) is 0 Å². The first-order valence-electron chi connectivity index (χ1n) is 4.20. The lowest BCUT2D eigenvalue weighted by molar-refractivity contribution is -0.180. The van der Waals surface area contributed by atoms with E-state index in [1.54, 1.807) is 0 Å². The predicted molar refractivity (Wildman–Crippen MR) is 42.0 cm³/mol. The minimum Gasteiger partial charge on any atom is -0.479 e. The number of hydrogen-bond donors (Lipinski definition) is 1. The lowest BCUT2D eigenvalue weighted by Crippen LogP contribution is -2.41. The van der Waals surface area contributed by atoms with E-state index in [1.807, 2.05) is 6.92 Å². The molecule has 0 aliphatic carbocycles. The SMILES string of the molecule is CCCC(OC1COC1)C(=O)O. The molecule has 70 valence electrons. The van der Waals surface area contributed by atoms with Gasteiger partial charge < -0.3 is 14.6 Å². The maximum absolute atomic E-state index is 10.6. The molecule has 0 radical (unpaired) electrons. The molecule has 1 N–H and O–H groups in total. The van der Waals surface area contributed by atoms with Crippen molar-refractivity contribution in [1.29, 1.82) is 0 Å². The summed E-state index contributed by atoms with van der Waals surface area (Å²) in [6.07, 6.45) is 0.748. The fourth-order valence-corrected chi connectivity index (χ4v) is 1.04. The molecular weight excluding hydrogens is 160 g/mol. The van der Waals surface area contributed by atoms with Crippen LogP contribution in [0.4, 0.5) is 0 Å². The Balaban J connectivity index is 2.26. The average Bonchev–Trinajstić information content (AvgIpc) is 1.93. The molecule has 1 aliphatic rings. The van der Waals surface area contributed by atoms with E-state index in [1.165, 1.54) is 0 Å². The Labute approximate surface area is 71.5 Å². The third-order valence-electron chi connectivity index (χ3n) is 1.79. The topological polar surface area (TPSA) is 55.8 Å². The fraction of sp³-hybridized carbons (Fsp3) is 0.875. The van der Waals surface area contributed by atoms with E-state index in [2.05, 4.69) is 0 Å². The normalized spacial score (nSPS) is 20.1. The Kier molecular flexibility index (Phi) is 3.49. The van der Waals surface area contributed by atoms with Crippen molar-refractivity contribution in [2.24, 2.45) is 0 Å². The monoisotopic (exact) mass is 174 g/mol. The zero-order valence-corrected chi connectivity index (χ0v) is 7.16. The lowest BCUT2D eigenvalue weighted by Gasteiger charge is -2.28. The van der Waals surface area contributed by atoms with E-state index in [0.29, 0.717) is 19.6 Å². The molecule has 1 atom stereocenters. The van der Waals surface area contributed by atoms with Crippen molar-refractivity contribution in [3.05, 3.63) is 0 Å². The third-order valence-corrected chi connectivity index (χ3v) is 1.79. The molecule has 0 spiro atoms. The Hall–Kier alpha value is -0.610. The van der Waals surface area contributed by atoms with Crippen molar-refractivity contribution in [2.45, 2.75) is 32.0 Å². The smallest absolute Gasteiger partial charge is 0.332 e. The number of ether oxygens (including phenoxy) is 2. The molecule has 1 fully saturated rings. The van der Waals surface area contributed by atoms with Gasteiger partial charge in [-0.2, -0.15) is 0 Å². The van der Waals surface area contributed by atoms with E-state index >= 15 is 0 Å². The van der Waals surface area contributed by atoms with Crippen LogP contribution < -0.4 is 0 Å². The van der Waals surface area contributed by atoms with E-state index in [4.69, 9.17) is 14.6 Å². The van der Waals surface area contributed by atoms with Gasteiger partial charge in [0, 0.05) is 0 Å². The average molecular weight is 174 g/mol. The predicted octanol–water partition coefficient (Wildman–Crippen LogP) is 0.655. The second-order valence-corrected chi connectivity index (χ2v) is 2.91. The van der Waals surface area contributed by atoms with Crippen molar-refractivity contribution in [3.8, 4) is 0 Å². The number of aliphatic carboxylic acids is 1. The highest BCUT2D eigenvalue weighted by Gasteiger charge is 2.26. The molecule has 1 rings (SSSR count). The highest BCUT2D eigenvalue weighted by atomic mass is 16.6. The lowest BCUT2D eigenvalue weighted by atomic mass is 10.2. The summed E-state index contributed by atoms with van der Waals surface area (Å²) in [5, 5.41) is 8.71. The van der Waals surface area contributed by atoms with Crippen molar-refractivity contribution in [3.63, 3.8) is 0 Å². The molecule has 0 saturated carbocycles. The zero-order valence-electron chi connectivity index (χ0n) is 7.16. The second kappa shape index (κ2) is 4.42. The summed E-state index contributed by atoms with van der Waals surface area (Å²) in [6.45, 7) is 3.01. The maximum atomic E-state index is 10.6. The molecule has 0 aromatic carbocycles. The summed E-state index contributed by atoms with van der Waals surface area (Å²) in [6, 6.07) is 0. The van der Waals surface area contributed by atoms with Crippen LogP contribution in [0.3, 0.4) is 0 Å². The maximum Gasteiger partial charge on any atom is 0.332 e. The number of carboxylic acids is 1. The van der Waals surface area contributed by atoms with Gasteiger partial charge in [-0.3, -0.25) is 0 Å². The molecule has 12 heavy (non-hydrogen) atoms. The number of carboxylic acid groups (broad SMARTS) is 1. The number of hydrogen-bond acceptors (Lipinski definition) is 3. The van der Waals surface area contributed by atoms with Gasteiger partial charge >= 0.3 is 5.97 Å². The molecular formula is C8H14O4. The van der Waals surface area contributed by atoms with Crippen LogP contribution >= 0.6 is 0 Å². The molecule has 4 nitrogen and oxygen atoms in total. The van der Waals surface area contributed by atoms with E-state index in [0.717, 1.165) is 6.42 Å². The summed E-state index contributed by atoms with van der Waals surface area (Å²) < 4.78 is 10.1. The van der Waals surface area contributed by atoms with E-state index in [-0.39, 0.29) is 6.10 Å². The van der Waals surface area contributed by atoms with Crippen LogP contribution in [0.15, 0.2) is 0 Å². The van der Waals surface area contributed by atoms with Gasteiger partial charge in [0.05, 0.1) is 13.2 Å². The molecule has 1 heterocycles. The largest absolute Gasteiger partial charge is 0.479 e. The Bertz CT molecular complexity index is 153. The van der Waals surface area contributed by atoms with Crippen LogP contribution in [-0.2, 0) is 14.3 Å². The first kappa shape index (κ1) is 9.48. The van der Waals surface area contributed by atoms with Gasteiger partial charge in [-0.1, -0.05) is 13.3 Å². The van der Waals surface area contributed by atoms with Gasteiger partial charge in [-0.05, 0) is 6.42 Å². The molecule has 0 bridgehead atoms. The standard InChI is InChI=1S/C8H14O4/c1-2-3-7(8(9)10)12-6-4-11-5-6/h6-7H,2-5H2,1H3,(H,9,10). The number of rotatable bonds is 5. The van der Waals surface area contributed by atoms with Gasteiger partial charge in [0.25, 0.3) is 0 Å². The number of carbonyl (C=O) groups is 1. The van der Waals surface area contributed by atoms with Crippen LogP contribution in [0.2, 0.25) is 0 Å². The van der Waals surface area contributed by atoms with Gasteiger partial charge in [-0.25, -0.2) is 4.79 Å². The molecule has 4 heteroatoms. The first-order chi connectivity index (χ1) is 5.74. The van der Waals surface area contributed by atoms with Gasteiger partial charge in [0.15, 0.2) is 6.10 Å². The Morgan fingerprint density at radius 1 is 1.75 bits per heavy atom. The minimum absolute atomic E-state index is 0.00218. The van der Waals surface area contributed by atoms with Crippen molar-refractivity contribution in [1.82, 2.24) is 0 Å². The van der Waals surface area contributed by atoms with Gasteiger partial charge in [0.2, 0.25) is 0 Å². The second-order valence-electron chi connectivity index (χ2n) is 2.91. The van der Waals surface area contributed by atoms with Crippen molar-refractivity contribution < 1.29 is 19.4 Å². The quantitative estimate of drug-likeness (QED) is 0.665. The van der Waals surface area contributed by atoms with Crippen LogP contribution in [-0.4, -0.2) is 36.5 Å². The first-order valence-corrected chi connectivity index (χ1v) is 4.20. The van der Waals surface area contributed by atoms with Crippen LogP contribution in [0.25, 0.3) is 0 Å². The third kappa shape index (κ3) is 2.46. The summed E-state index contributed by atoms with van der Waals surface area (Å²) in [5.74, 6) is -0.872. The van der Waals surface area contributed by atoms with Crippen LogP contribution in [0.1, 0.15) is 19.8 Å². The minimum atomic E-state index is -0.872. The summed E-state index contributed by atoms with van der Waals surface area (Å²) in [4.78, 5) is 10.6. The molecule has 1 unspecified atom stereocenters. The fourth-order valence-electron chi connectivity index (χ4n) is 1.04. The molecule has 1 saturated heterocycles. The molecule has 0 aromatic rings. The summed E-state index contributed by atoms with van der Waals surface area (Å²) >= 11 is 0. The van der Waals surface area contributed by atoms with E-state index in [9.17, 15) is 4.79 Å². The zero-order chi connectivity index (χ0) is 8.97. The van der Waals surface area contributed by atoms with E-state index < -0.39 is 12.1 Å². The van der Waals surface area contributed by atoms with Crippen molar-refractivity contribution in [2.75, 3.05) is 13.2 Å². The molecule has 1 aliphatic heterocycles. The summed E-state index contributed by atoms with van der Waals surface area (Å²) in [7, 11) is 0. The van der Waals surface area contributed by atoms with Crippen LogP contribution in [0, 0.1) is 0 Å². The highest BCUT2D eigenvalue weighted by molar-refractivity contribution is 5.72. The Morgan fingerprint density at radius 3 is 2.75 bits per heavy atom. The molecule has 0 amide bonds. The van der Waals surface area contributed by atoms with Crippen molar-refractivity contribution >= 4 is 5.97 Å². The van der Waals surface area contributed by atoms with Gasteiger partial charge in [0.1, 0.15) is 6.10 Å². The summed E-state index contributed by atoms with van der Waals surface area (Å²) in [5.41, 5.74) is 0. The highest BCUT2D eigenvalue weighted by Crippen LogP contribution is 2.12. The van der Waals surface area contributed by atoms with Crippen LogP contribution in [0.5, 0.6) is 0 Å². The Morgan fingerprint density at radius 2 is 2.42 bits per heavy atom.